The van der Waals surface area contributed by atoms with Crippen molar-refractivity contribution < 1.29 is 9.13 Å². The van der Waals surface area contributed by atoms with Crippen LogP contribution in [0.4, 0.5) is 10.1 Å². The van der Waals surface area contributed by atoms with Gasteiger partial charge in [0.2, 0.25) is 0 Å². The van der Waals surface area contributed by atoms with Crippen molar-refractivity contribution in [3.05, 3.63) is 29.0 Å². The molecule has 4 heteroatoms. The lowest BCUT2D eigenvalue weighted by Crippen LogP contribution is -2.34. The minimum absolute atomic E-state index is 0.252. The van der Waals surface area contributed by atoms with Crippen LogP contribution in [0.15, 0.2) is 18.2 Å². The summed E-state index contributed by atoms with van der Waals surface area (Å²) >= 11 is 5.88. The van der Waals surface area contributed by atoms with E-state index in [0.29, 0.717) is 16.8 Å². The lowest BCUT2D eigenvalue weighted by atomic mass is 10.00. The molecule has 1 aromatic rings. The van der Waals surface area contributed by atoms with Gasteiger partial charge in [0.15, 0.2) is 0 Å². The summed E-state index contributed by atoms with van der Waals surface area (Å²) in [5.41, 5.74) is 0.490. The third-order valence-electron chi connectivity index (χ3n) is 3.27. The molecule has 1 fully saturated rings. The minimum atomic E-state index is -0.252. The molecule has 0 saturated carbocycles. The van der Waals surface area contributed by atoms with E-state index in [1.807, 2.05) is 0 Å². The van der Waals surface area contributed by atoms with Crippen molar-refractivity contribution in [3.63, 3.8) is 0 Å². The standard InChI is InChI=1S/C14H19ClFNO/c1-2-3-12-9-11(6-7-18-12)17-14-8-10(15)4-5-13(14)16/h4-5,8,11-12,17H,2-3,6-7,9H2,1H3. The fraction of sp³-hybridized carbons (Fsp3) is 0.571. The normalized spacial score (nSPS) is 23.9. The number of halogens is 2. The highest BCUT2D eigenvalue weighted by molar-refractivity contribution is 6.30. The average Bonchev–Trinajstić information content (AvgIpc) is 2.35. The van der Waals surface area contributed by atoms with Crippen LogP contribution in [0.1, 0.15) is 32.6 Å². The smallest absolute Gasteiger partial charge is 0.146 e. The molecule has 2 rings (SSSR count). The van der Waals surface area contributed by atoms with Gasteiger partial charge in [0.05, 0.1) is 11.8 Å². The van der Waals surface area contributed by atoms with Gasteiger partial charge in [0, 0.05) is 17.7 Å². The van der Waals surface area contributed by atoms with E-state index in [1.165, 1.54) is 6.07 Å². The molecular formula is C14H19ClFNO. The molecule has 1 aliphatic heterocycles. The highest BCUT2D eigenvalue weighted by Crippen LogP contribution is 2.25. The molecule has 2 atom stereocenters. The van der Waals surface area contributed by atoms with Crippen LogP contribution in [-0.4, -0.2) is 18.8 Å². The zero-order valence-electron chi connectivity index (χ0n) is 10.6. The fourth-order valence-electron chi connectivity index (χ4n) is 2.36. The summed E-state index contributed by atoms with van der Waals surface area (Å²) in [6, 6.07) is 4.86. The molecule has 0 spiro atoms. The van der Waals surface area contributed by atoms with Crippen molar-refractivity contribution in [3.8, 4) is 0 Å². The number of nitrogens with one attached hydrogen (secondary N) is 1. The molecule has 0 radical (unpaired) electrons. The summed E-state index contributed by atoms with van der Waals surface area (Å²) in [6.45, 7) is 2.89. The van der Waals surface area contributed by atoms with Crippen molar-refractivity contribution >= 4 is 17.3 Å². The van der Waals surface area contributed by atoms with Gasteiger partial charge in [-0.2, -0.15) is 0 Å². The fourth-order valence-corrected chi connectivity index (χ4v) is 2.53. The predicted octanol–water partition coefficient (Wildman–Crippen LogP) is 4.24. The molecule has 100 valence electrons. The maximum absolute atomic E-state index is 13.6. The summed E-state index contributed by atoms with van der Waals surface area (Å²) < 4.78 is 19.3. The molecule has 1 aromatic carbocycles. The van der Waals surface area contributed by atoms with Crippen LogP contribution in [0.25, 0.3) is 0 Å². The molecule has 0 bridgehead atoms. The topological polar surface area (TPSA) is 21.3 Å². The van der Waals surface area contributed by atoms with E-state index in [-0.39, 0.29) is 11.9 Å². The monoisotopic (exact) mass is 271 g/mol. The maximum atomic E-state index is 13.6. The Morgan fingerprint density at radius 2 is 2.33 bits per heavy atom. The van der Waals surface area contributed by atoms with E-state index >= 15 is 0 Å². The van der Waals surface area contributed by atoms with Gasteiger partial charge in [-0.05, 0) is 37.5 Å². The van der Waals surface area contributed by atoms with Crippen LogP contribution in [0, 0.1) is 5.82 Å². The van der Waals surface area contributed by atoms with Crippen molar-refractivity contribution in [1.82, 2.24) is 0 Å². The first-order valence-corrected chi connectivity index (χ1v) is 6.90. The summed E-state index contributed by atoms with van der Waals surface area (Å²) in [5.74, 6) is -0.252. The molecule has 1 saturated heterocycles. The van der Waals surface area contributed by atoms with E-state index in [4.69, 9.17) is 16.3 Å². The van der Waals surface area contributed by atoms with Crippen molar-refractivity contribution in [2.24, 2.45) is 0 Å². The molecule has 0 aliphatic carbocycles. The van der Waals surface area contributed by atoms with E-state index in [1.54, 1.807) is 12.1 Å². The Labute approximate surface area is 112 Å². The second-order valence-corrected chi connectivity index (χ2v) is 5.21. The van der Waals surface area contributed by atoms with Crippen LogP contribution in [0.2, 0.25) is 5.02 Å². The van der Waals surface area contributed by atoms with Crippen LogP contribution in [0.5, 0.6) is 0 Å². The van der Waals surface area contributed by atoms with Crippen LogP contribution in [0.3, 0.4) is 0 Å². The van der Waals surface area contributed by atoms with Crippen LogP contribution >= 0.6 is 11.6 Å². The number of hydrogen-bond donors (Lipinski definition) is 1. The Balaban J connectivity index is 1.98. The maximum Gasteiger partial charge on any atom is 0.146 e. The molecule has 2 nitrogen and oxygen atoms in total. The minimum Gasteiger partial charge on any atom is -0.380 e. The Morgan fingerprint density at radius 1 is 1.50 bits per heavy atom. The largest absolute Gasteiger partial charge is 0.380 e. The first kappa shape index (κ1) is 13.6. The molecule has 18 heavy (non-hydrogen) atoms. The van der Waals surface area contributed by atoms with Gasteiger partial charge in [-0.3, -0.25) is 0 Å². The van der Waals surface area contributed by atoms with E-state index in [2.05, 4.69) is 12.2 Å². The zero-order chi connectivity index (χ0) is 13.0. The second kappa shape index (κ2) is 6.39. The third kappa shape index (κ3) is 3.59. The first-order chi connectivity index (χ1) is 8.69. The van der Waals surface area contributed by atoms with Gasteiger partial charge in [-0.25, -0.2) is 4.39 Å². The highest BCUT2D eigenvalue weighted by atomic mass is 35.5. The Bertz CT molecular complexity index is 397. The third-order valence-corrected chi connectivity index (χ3v) is 3.50. The van der Waals surface area contributed by atoms with Gasteiger partial charge in [0.25, 0.3) is 0 Å². The lowest BCUT2D eigenvalue weighted by Gasteiger charge is -2.30. The number of anilines is 1. The second-order valence-electron chi connectivity index (χ2n) is 4.77. The number of ether oxygens (including phenoxy) is 1. The Hall–Kier alpha value is -0.800. The first-order valence-electron chi connectivity index (χ1n) is 6.52. The molecule has 2 unspecified atom stereocenters. The zero-order valence-corrected chi connectivity index (χ0v) is 11.3. The summed E-state index contributed by atoms with van der Waals surface area (Å²) in [6.07, 6.45) is 4.31. The van der Waals surface area contributed by atoms with Gasteiger partial charge in [-0.1, -0.05) is 24.9 Å². The van der Waals surface area contributed by atoms with Gasteiger partial charge < -0.3 is 10.1 Å². The summed E-state index contributed by atoms with van der Waals surface area (Å²) in [5, 5.41) is 3.79. The molecular weight excluding hydrogens is 253 g/mol. The number of benzene rings is 1. The molecule has 0 aromatic heterocycles. The quantitative estimate of drug-likeness (QED) is 0.884. The van der Waals surface area contributed by atoms with E-state index in [9.17, 15) is 4.39 Å². The molecule has 0 amide bonds. The molecule has 1 aliphatic rings. The van der Waals surface area contributed by atoms with Crippen molar-refractivity contribution in [2.45, 2.75) is 44.8 Å². The van der Waals surface area contributed by atoms with E-state index in [0.717, 1.165) is 32.3 Å². The van der Waals surface area contributed by atoms with Crippen LogP contribution in [-0.2, 0) is 4.74 Å². The van der Waals surface area contributed by atoms with Crippen molar-refractivity contribution in [1.29, 1.82) is 0 Å². The number of rotatable bonds is 4. The lowest BCUT2D eigenvalue weighted by molar-refractivity contribution is 0.00593. The van der Waals surface area contributed by atoms with Gasteiger partial charge in [0.1, 0.15) is 5.82 Å². The Morgan fingerprint density at radius 3 is 3.11 bits per heavy atom. The average molecular weight is 272 g/mol. The van der Waals surface area contributed by atoms with Gasteiger partial charge >= 0.3 is 0 Å². The molecule has 1 heterocycles. The number of hydrogen-bond acceptors (Lipinski definition) is 2. The van der Waals surface area contributed by atoms with Crippen molar-refractivity contribution in [2.75, 3.05) is 11.9 Å². The van der Waals surface area contributed by atoms with E-state index < -0.39 is 0 Å². The summed E-state index contributed by atoms with van der Waals surface area (Å²) in [7, 11) is 0. The highest BCUT2D eigenvalue weighted by Gasteiger charge is 2.22. The Kier molecular flexibility index (Phi) is 4.84. The predicted molar refractivity (Wildman–Crippen MR) is 72.7 cm³/mol. The van der Waals surface area contributed by atoms with Gasteiger partial charge in [-0.15, -0.1) is 0 Å². The molecule has 1 N–H and O–H groups in total. The SMILES string of the molecule is CCCC1CC(Nc2cc(Cl)ccc2F)CCO1. The summed E-state index contributed by atoms with van der Waals surface area (Å²) in [4.78, 5) is 0. The van der Waals surface area contributed by atoms with Crippen LogP contribution < -0.4 is 5.32 Å².